The van der Waals surface area contributed by atoms with E-state index in [1.165, 1.54) is 7.05 Å². The number of carbonyl (C=O) groups excluding carboxylic acids is 2. The molecule has 1 rings (SSSR count). The van der Waals surface area contributed by atoms with Crippen LogP contribution in [0.15, 0.2) is 24.3 Å². The van der Waals surface area contributed by atoms with Crippen molar-refractivity contribution in [2.24, 2.45) is 5.92 Å². The molecule has 0 aliphatic heterocycles. The number of amides is 2. The zero-order valence-corrected chi connectivity index (χ0v) is 19.1. The van der Waals surface area contributed by atoms with Crippen LogP contribution in [0.25, 0.3) is 0 Å². The van der Waals surface area contributed by atoms with E-state index in [0.29, 0.717) is 12.2 Å². The van der Waals surface area contributed by atoms with Gasteiger partial charge in [0.15, 0.2) is 0 Å². The minimum atomic E-state index is -4.42. The van der Waals surface area contributed by atoms with Gasteiger partial charge in [-0.2, -0.15) is 0 Å². The molecule has 0 aromatic heterocycles. The van der Waals surface area contributed by atoms with Gasteiger partial charge in [-0.1, -0.05) is 32.9 Å². The molecule has 1 aromatic rings. The predicted octanol–water partition coefficient (Wildman–Crippen LogP) is 1.39. The Bertz CT molecular complexity index is 735. The normalized spacial score (nSPS) is 14.7. The second-order valence-electron chi connectivity index (χ2n) is 7.59. The number of hydrogen-bond donors (Lipinski definition) is 5. The number of likely N-dealkylation sites (N-methyl/N-ethyl adjacent to an activating group) is 1. The summed E-state index contributed by atoms with van der Waals surface area (Å²) in [5.74, 6) is -1.18. The standard InChI is InChI=1S/C20H34N3O6P/c1-6-18(30(26,27)28)22-16(11-13(2)3)20(25)23-17(19(24)21-4)12-14-7-9-15(29-5)10-8-14/h7-10,13,16-18,22H,6,11-12H2,1-5H3,(H,21,24)(H,23,25)(H2,26,27,28)/t16-,17+,18-/m0/s1. The number of hydrogen-bond acceptors (Lipinski definition) is 5. The fourth-order valence-corrected chi connectivity index (χ4v) is 3.91. The molecular weight excluding hydrogens is 409 g/mol. The molecular formula is C20H34N3O6P. The van der Waals surface area contributed by atoms with Gasteiger partial charge in [-0.25, -0.2) is 0 Å². The first-order chi connectivity index (χ1) is 14.0. The van der Waals surface area contributed by atoms with Crippen molar-refractivity contribution < 1.29 is 28.7 Å². The van der Waals surface area contributed by atoms with Crippen molar-refractivity contribution in [3.8, 4) is 5.75 Å². The third-order valence-corrected chi connectivity index (χ3v) is 6.01. The van der Waals surface area contributed by atoms with Crippen molar-refractivity contribution in [3.63, 3.8) is 0 Å². The Kier molecular flexibility index (Phi) is 10.5. The smallest absolute Gasteiger partial charge is 0.342 e. The zero-order chi connectivity index (χ0) is 22.9. The van der Waals surface area contributed by atoms with E-state index in [-0.39, 0.29) is 24.7 Å². The van der Waals surface area contributed by atoms with Gasteiger partial charge in [0.25, 0.3) is 0 Å². The first-order valence-corrected chi connectivity index (χ1v) is 11.7. The molecule has 3 atom stereocenters. The van der Waals surface area contributed by atoms with E-state index in [1.54, 1.807) is 26.2 Å². The quantitative estimate of drug-likeness (QED) is 0.308. The van der Waals surface area contributed by atoms with Gasteiger partial charge in [-0.15, -0.1) is 0 Å². The van der Waals surface area contributed by atoms with Crippen LogP contribution in [0.2, 0.25) is 0 Å². The third kappa shape index (κ3) is 8.44. The molecule has 0 spiro atoms. The van der Waals surface area contributed by atoms with Crippen molar-refractivity contribution in [1.82, 2.24) is 16.0 Å². The van der Waals surface area contributed by atoms with Crippen molar-refractivity contribution >= 4 is 19.4 Å². The number of nitrogens with one attached hydrogen (secondary N) is 3. The summed E-state index contributed by atoms with van der Waals surface area (Å²) >= 11 is 0. The Hall–Kier alpha value is -1.93. The van der Waals surface area contributed by atoms with E-state index in [4.69, 9.17) is 4.74 Å². The monoisotopic (exact) mass is 443 g/mol. The summed E-state index contributed by atoms with van der Waals surface area (Å²) in [6, 6.07) is 5.49. The molecule has 9 nitrogen and oxygen atoms in total. The lowest BCUT2D eigenvalue weighted by molar-refractivity contribution is -0.130. The van der Waals surface area contributed by atoms with Crippen LogP contribution in [0, 0.1) is 5.92 Å². The molecule has 0 saturated carbocycles. The first-order valence-electron chi connectivity index (χ1n) is 9.97. The van der Waals surface area contributed by atoms with Crippen LogP contribution in [-0.2, 0) is 20.6 Å². The summed E-state index contributed by atoms with van der Waals surface area (Å²) in [6.45, 7) is 5.46. The van der Waals surface area contributed by atoms with E-state index in [9.17, 15) is 23.9 Å². The van der Waals surface area contributed by atoms with Crippen LogP contribution in [0.4, 0.5) is 0 Å². The maximum Gasteiger partial charge on any atom is 0.342 e. The Balaban J connectivity index is 3.00. The highest BCUT2D eigenvalue weighted by atomic mass is 31.2. The Labute approximate surface area is 178 Å². The molecule has 0 bridgehead atoms. The minimum Gasteiger partial charge on any atom is -0.497 e. The fraction of sp³-hybridized carbons (Fsp3) is 0.600. The van der Waals surface area contributed by atoms with E-state index >= 15 is 0 Å². The van der Waals surface area contributed by atoms with Gasteiger partial charge < -0.3 is 25.2 Å². The molecule has 0 unspecified atom stereocenters. The SMILES string of the molecule is CC[C@@H](N[C@@H](CC(C)C)C(=O)N[C@H](Cc1ccc(OC)cc1)C(=O)NC)P(=O)(O)O. The lowest BCUT2D eigenvalue weighted by Crippen LogP contribution is -2.55. The highest BCUT2D eigenvalue weighted by Gasteiger charge is 2.33. The minimum absolute atomic E-state index is 0.0996. The lowest BCUT2D eigenvalue weighted by atomic mass is 10.0. The average Bonchev–Trinajstić information content (AvgIpc) is 2.69. The number of rotatable bonds is 12. The molecule has 0 heterocycles. The Morgan fingerprint density at radius 3 is 2.13 bits per heavy atom. The van der Waals surface area contributed by atoms with Crippen molar-refractivity contribution in [2.45, 2.75) is 57.9 Å². The zero-order valence-electron chi connectivity index (χ0n) is 18.2. The molecule has 170 valence electrons. The van der Waals surface area contributed by atoms with Crippen molar-refractivity contribution in [2.75, 3.05) is 14.2 Å². The summed E-state index contributed by atoms with van der Waals surface area (Å²) in [7, 11) is -1.37. The predicted molar refractivity (Wildman–Crippen MR) is 115 cm³/mol. The molecule has 0 radical (unpaired) electrons. The number of ether oxygens (including phenoxy) is 1. The maximum absolute atomic E-state index is 13.0. The summed E-state index contributed by atoms with van der Waals surface area (Å²) in [5.41, 5.74) is 0.833. The summed E-state index contributed by atoms with van der Waals surface area (Å²) in [4.78, 5) is 44.4. The average molecular weight is 443 g/mol. The molecule has 10 heteroatoms. The molecule has 0 fully saturated rings. The second-order valence-corrected chi connectivity index (χ2v) is 9.39. The van der Waals surface area contributed by atoms with Gasteiger partial charge in [0.2, 0.25) is 11.8 Å². The van der Waals surface area contributed by atoms with Crippen LogP contribution in [0.5, 0.6) is 5.75 Å². The molecule has 0 aliphatic carbocycles. The summed E-state index contributed by atoms with van der Waals surface area (Å²) in [5, 5.41) is 8.07. The summed E-state index contributed by atoms with van der Waals surface area (Å²) < 4.78 is 16.8. The van der Waals surface area contributed by atoms with E-state index in [0.717, 1.165) is 5.56 Å². The largest absolute Gasteiger partial charge is 0.497 e. The van der Waals surface area contributed by atoms with E-state index in [1.807, 2.05) is 26.0 Å². The number of benzene rings is 1. The lowest BCUT2D eigenvalue weighted by Gasteiger charge is -2.28. The molecule has 2 amide bonds. The van der Waals surface area contributed by atoms with Crippen LogP contribution in [0.3, 0.4) is 0 Å². The Morgan fingerprint density at radius 1 is 1.10 bits per heavy atom. The van der Waals surface area contributed by atoms with Crippen molar-refractivity contribution in [3.05, 3.63) is 29.8 Å². The second kappa shape index (κ2) is 12.1. The number of carbonyl (C=O) groups is 2. The van der Waals surface area contributed by atoms with Crippen molar-refractivity contribution in [1.29, 1.82) is 0 Å². The fourth-order valence-electron chi connectivity index (χ4n) is 3.06. The van der Waals surface area contributed by atoms with E-state index in [2.05, 4.69) is 16.0 Å². The molecule has 0 aliphatic rings. The molecule has 0 saturated heterocycles. The Morgan fingerprint density at radius 2 is 1.70 bits per heavy atom. The van der Waals surface area contributed by atoms with Gasteiger partial charge in [0, 0.05) is 13.5 Å². The van der Waals surface area contributed by atoms with Gasteiger partial charge in [0.05, 0.1) is 13.2 Å². The first kappa shape index (κ1) is 26.1. The third-order valence-electron chi connectivity index (χ3n) is 4.69. The summed E-state index contributed by atoms with van der Waals surface area (Å²) in [6.07, 6.45) is 0.793. The van der Waals surface area contributed by atoms with Crippen LogP contribution < -0.4 is 20.7 Å². The molecule has 1 aromatic carbocycles. The van der Waals surface area contributed by atoms with Crippen LogP contribution in [-0.4, -0.2) is 53.6 Å². The van der Waals surface area contributed by atoms with Crippen LogP contribution >= 0.6 is 7.60 Å². The van der Waals surface area contributed by atoms with E-state index < -0.39 is 31.4 Å². The maximum atomic E-state index is 13.0. The van der Waals surface area contributed by atoms with Gasteiger partial charge in [-0.3, -0.25) is 19.5 Å². The van der Waals surface area contributed by atoms with Gasteiger partial charge in [-0.05, 0) is 36.5 Å². The highest BCUT2D eigenvalue weighted by Crippen LogP contribution is 2.41. The molecule has 30 heavy (non-hydrogen) atoms. The van der Waals surface area contributed by atoms with Gasteiger partial charge in [0.1, 0.15) is 17.6 Å². The van der Waals surface area contributed by atoms with Gasteiger partial charge >= 0.3 is 7.60 Å². The highest BCUT2D eigenvalue weighted by molar-refractivity contribution is 7.52. The molecule has 5 N–H and O–H groups in total. The van der Waals surface area contributed by atoms with Crippen LogP contribution in [0.1, 0.15) is 39.2 Å². The topological polar surface area (TPSA) is 137 Å². The number of methoxy groups -OCH3 is 1.